The van der Waals surface area contributed by atoms with E-state index in [1.807, 2.05) is 16.8 Å². The van der Waals surface area contributed by atoms with E-state index in [2.05, 4.69) is 15.0 Å². The molecule has 0 bridgehead atoms. The van der Waals surface area contributed by atoms with E-state index in [0.717, 1.165) is 31.4 Å². The van der Waals surface area contributed by atoms with Crippen molar-refractivity contribution in [1.29, 1.82) is 0 Å². The lowest BCUT2D eigenvalue weighted by molar-refractivity contribution is -0.148. The first kappa shape index (κ1) is 14.2. The molecule has 1 fully saturated rings. The molecule has 6 nitrogen and oxygen atoms in total. The lowest BCUT2D eigenvalue weighted by Crippen LogP contribution is -2.44. The van der Waals surface area contributed by atoms with E-state index in [-0.39, 0.29) is 12.0 Å². The Balaban J connectivity index is 1.71. The molecule has 0 aliphatic carbocycles. The summed E-state index contributed by atoms with van der Waals surface area (Å²) in [5.41, 5.74) is 0.957. The zero-order chi connectivity index (χ0) is 14.7. The molecule has 1 atom stereocenters. The number of esters is 1. The van der Waals surface area contributed by atoms with Crippen LogP contribution in [0.2, 0.25) is 0 Å². The quantitative estimate of drug-likeness (QED) is 0.808. The van der Waals surface area contributed by atoms with E-state index < -0.39 is 0 Å². The number of rotatable bonds is 4. The molecule has 7 heteroatoms. The molecule has 1 saturated heterocycles. The number of thiophene rings is 1. The van der Waals surface area contributed by atoms with Gasteiger partial charge >= 0.3 is 5.97 Å². The number of carbonyl (C=O) groups excluding carboxylic acids is 1. The van der Waals surface area contributed by atoms with Gasteiger partial charge in [-0.25, -0.2) is 0 Å². The molecule has 0 N–H and O–H groups in total. The minimum atomic E-state index is -0.208. The Morgan fingerprint density at radius 1 is 1.57 bits per heavy atom. The maximum absolute atomic E-state index is 11.8. The summed E-state index contributed by atoms with van der Waals surface area (Å²) in [6.45, 7) is 1.33. The Hall–Kier alpha value is -1.73. The summed E-state index contributed by atoms with van der Waals surface area (Å²) in [4.78, 5) is 18.3. The van der Waals surface area contributed by atoms with E-state index >= 15 is 0 Å². The summed E-state index contributed by atoms with van der Waals surface area (Å²) in [6, 6.07) is 1.75. The fraction of sp³-hybridized carbons (Fsp3) is 0.500. The third-order valence-electron chi connectivity index (χ3n) is 3.67. The Morgan fingerprint density at radius 2 is 2.48 bits per heavy atom. The first-order valence-corrected chi connectivity index (χ1v) is 7.89. The molecule has 2 aromatic heterocycles. The predicted molar refractivity (Wildman–Crippen MR) is 77.7 cm³/mol. The van der Waals surface area contributed by atoms with Crippen LogP contribution >= 0.6 is 11.3 Å². The number of ether oxygens (including phenoxy) is 1. The normalized spacial score (nSPS) is 19.6. The van der Waals surface area contributed by atoms with Crippen molar-refractivity contribution in [2.24, 2.45) is 0 Å². The SMILES string of the molecule is COC(=O)C1CCCCN1Cc1nc(-c2ccsc2)no1. The number of hydrogen-bond donors (Lipinski definition) is 0. The molecular weight excluding hydrogens is 290 g/mol. The summed E-state index contributed by atoms with van der Waals surface area (Å²) in [5, 5.41) is 7.95. The Morgan fingerprint density at radius 3 is 3.24 bits per heavy atom. The van der Waals surface area contributed by atoms with Crippen molar-refractivity contribution in [3.63, 3.8) is 0 Å². The van der Waals surface area contributed by atoms with Crippen molar-refractivity contribution in [2.75, 3.05) is 13.7 Å². The second kappa shape index (κ2) is 6.36. The van der Waals surface area contributed by atoms with Crippen molar-refractivity contribution in [3.8, 4) is 11.4 Å². The van der Waals surface area contributed by atoms with Gasteiger partial charge < -0.3 is 9.26 Å². The fourth-order valence-corrected chi connectivity index (χ4v) is 3.22. The number of piperidine rings is 1. The van der Waals surface area contributed by atoms with Gasteiger partial charge in [-0.3, -0.25) is 9.69 Å². The summed E-state index contributed by atoms with van der Waals surface area (Å²) in [6.07, 6.45) is 2.93. The Bertz CT molecular complexity index is 596. The minimum absolute atomic E-state index is 0.188. The standard InChI is InChI=1S/C14H17N3O3S/c1-19-14(18)11-4-2-3-6-17(11)8-12-15-13(16-20-12)10-5-7-21-9-10/h5,7,9,11H,2-4,6,8H2,1H3. The first-order chi connectivity index (χ1) is 10.3. The molecule has 2 aromatic rings. The molecule has 21 heavy (non-hydrogen) atoms. The lowest BCUT2D eigenvalue weighted by Gasteiger charge is -2.32. The third kappa shape index (κ3) is 3.14. The second-order valence-electron chi connectivity index (χ2n) is 5.03. The van der Waals surface area contributed by atoms with Crippen LogP contribution in [0.25, 0.3) is 11.4 Å². The van der Waals surface area contributed by atoms with Crippen LogP contribution in [0.15, 0.2) is 21.3 Å². The summed E-state index contributed by atoms with van der Waals surface area (Å²) >= 11 is 1.59. The molecule has 112 valence electrons. The van der Waals surface area contributed by atoms with Crippen molar-refractivity contribution in [1.82, 2.24) is 15.0 Å². The summed E-state index contributed by atoms with van der Waals surface area (Å²) in [7, 11) is 1.43. The van der Waals surface area contributed by atoms with Crippen LogP contribution < -0.4 is 0 Å². The van der Waals surface area contributed by atoms with Crippen molar-refractivity contribution >= 4 is 17.3 Å². The third-order valence-corrected chi connectivity index (χ3v) is 4.36. The predicted octanol–water partition coefficient (Wildman–Crippen LogP) is 2.33. The highest BCUT2D eigenvalue weighted by Crippen LogP contribution is 2.22. The molecule has 0 radical (unpaired) electrons. The molecular formula is C14H17N3O3S. The van der Waals surface area contributed by atoms with Gasteiger partial charge in [-0.05, 0) is 30.8 Å². The molecule has 0 amide bonds. The Labute approximate surface area is 126 Å². The van der Waals surface area contributed by atoms with Gasteiger partial charge in [0.05, 0.1) is 13.7 Å². The highest BCUT2D eigenvalue weighted by atomic mass is 32.1. The summed E-state index contributed by atoms with van der Waals surface area (Å²) in [5.74, 6) is 0.942. The molecule has 3 rings (SSSR count). The van der Waals surface area contributed by atoms with E-state index in [4.69, 9.17) is 9.26 Å². The smallest absolute Gasteiger partial charge is 0.323 e. The molecule has 0 spiro atoms. The van der Waals surface area contributed by atoms with E-state index in [0.29, 0.717) is 18.3 Å². The molecule has 1 aliphatic rings. The van der Waals surface area contributed by atoms with E-state index in [1.165, 1.54) is 7.11 Å². The average Bonchev–Trinajstić information content (AvgIpc) is 3.18. The van der Waals surface area contributed by atoms with Gasteiger partial charge in [-0.15, -0.1) is 0 Å². The zero-order valence-electron chi connectivity index (χ0n) is 11.8. The zero-order valence-corrected chi connectivity index (χ0v) is 12.6. The van der Waals surface area contributed by atoms with Crippen LogP contribution in [-0.2, 0) is 16.1 Å². The van der Waals surface area contributed by atoms with Crippen molar-refractivity contribution < 1.29 is 14.1 Å². The molecule has 1 unspecified atom stereocenters. The Kier molecular flexibility index (Phi) is 4.31. The maximum atomic E-state index is 11.8. The number of aromatic nitrogens is 2. The van der Waals surface area contributed by atoms with Crippen LogP contribution in [0.4, 0.5) is 0 Å². The molecule has 3 heterocycles. The van der Waals surface area contributed by atoms with Crippen molar-refractivity contribution in [3.05, 3.63) is 22.7 Å². The topological polar surface area (TPSA) is 68.5 Å². The minimum Gasteiger partial charge on any atom is -0.468 e. The van der Waals surface area contributed by atoms with Gasteiger partial charge in [-0.2, -0.15) is 16.3 Å². The first-order valence-electron chi connectivity index (χ1n) is 6.95. The lowest BCUT2D eigenvalue weighted by atomic mass is 10.0. The van der Waals surface area contributed by atoms with E-state index in [1.54, 1.807) is 11.3 Å². The van der Waals surface area contributed by atoms with Crippen LogP contribution in [0.1, 0.15) is 25.2 Å². The van der Waals surface area contributed by atoms with Gasteiger partial charge in [-0.1, -0.05) is 11.6 Å². The molecule has 1 aliphatic heterocycles. The highest BCUT2D eigenvalue weighted by Gasteiger charge is 2.30. The van der Waals surface area contributed by atoms with Gasteiger partial charge in [0.1, 0.15) is 6.04 Å². The van der Waals surface area contributed by atoms with Gasteiger partial charge in [0, 0.05) is 10.9 Å². The van der Waals surface area contributed by atoms with Crippen LogP contribution in [0.3, 0.4) is 0 Å². The van der Waals surface area contributed by atoms with Crippen LogP contribution in [-0.4, -0.2) is 40.7 Å². The molecule has 0 saturated carbocycles. The highest BCUT2D eigenvalue weighted by molar-refractivity contribution is 7.08. The second-order valence-corrected chi connectivity index (χ2v) is 5.81. The van der Waals surface area contributed by atoms with Crippen LogP contribution in [0, 0.1) is 0 Å². The van der Waals surface area contributed by atoms with Gasteiger partial charge in [0.25, 0.3) is 0 Å². The number of methoxy groups -OCH3 is 1. The van der Waals surface area contributed by atoms with Gasteiger partial charge in [0.2, 0.25) is 11.7 Å². The average molecular weight is 307 g/mol. The molecule has 0 aromatic carbocycles. The van der Waals surface area contributed by atoms with E-state index in [9.17, 15) is 4.79 Å². The van der Waals surface area contributed by atoms with Gasteiger partial charge in [0.15, 0.2) is 0 Å². The number of nitrogens with zero attached hydrogens (tertiary/aromatic N) is 3. The maximum Gasteiger partial charge on any atom is 0.323 e. The number of carbonyl (C=O) groups is 1. The summed E-state index contributed by atoms with van der Waals surface area (Å²) < 4.78 is 10.2. The van der Waals surface area contributed by atoms with Crippen LogP contribution in [0.5, 0.6) is 0 Å². The number of hydrogen-bond acceptors (Lipinski definition) is 7. The monoisotopic (exact) mass is 307 g/mol. The largest absolute Gasteiger partial charge is 0.468 e. The fourth-order valence-electron chi connectivity index (χ4n) is 2.58. The number of likely N-dealkylation sites (tertiary alicyclic amines) is 1. The van der Waals surface area contributed by atoms with Crippen molar-refractivity contribution in [2.45, 2.75) is 31.8 Å².